The first kappa shape index (κ1) is 8.47. The Morgan fingerprint density at radius 1 is 1.31 bits per heavy atom. The summed E-state index contributed by atoms with van der Waals surface area (Å²) in [6.07, 6.45) is 4.81. The highest BCUT2D eigenvalue weighted by molar-refractivity contribution is 5.11. The second kappa shape index (κ2) is 3.32. The summed E-state index contributed by atoms with van der Waals surface area (Å²) in [4.78, 5) is 0. The number of anilines is 1. The predicted molar refractivity (Wildman–Crippen MR) is 48.9 cm³/mol. The van der Waals surface area contributed by atoms with Gasteiger partial charge in [0.1, 0.15) is 0 Å². The Labute approximate surface area is 77.3 Å². The Bertz CT molecular complexity index is 274. The van der Waals surface area contributed by atoms with E-state index in [2.05, 4.69) is 22.4 Å². The maximum Gasteiger partial charge on any atom is 0.240 e. The number of nitrogens with zero attached hydrogens (tertiary/aromatic N) is 4. The molecule has 0 unspecified atom stereocenters. The van der Waals surface area contributed by atoms with Crippen LogP contribution >= 0.6 is 0 Å². The molecule has 0 amide bonds. The van der Waals surface area contributed by atoms with Crippen molar-refractivity contribution in [1.29, 1.82) is 0 Å². The van der Waals surface area contributed by atoms with E-state index >= 15 is 0 Å². The topological polar surface area (TPSA) is 69.6 Å². The number of tetrazole rings is 1. The molecule has 1 aliphatic carbocycles. The average Bonchev–Trinajstić information content (AvgIpc) is 2.53. The molecule has 0 radical (unpaired) electrons. The highest BCUT2D eigenvalue weighted by Crippen LogP contribution is 2.31. The van der Waals surface area contributed by atoms with Crippen molar-refractivity contribution in [3.63, 3.8) is 0 Å². The zero-order valence-corrected chi connectivity index (χ0v) is 7.85. The Morgan fingerprint density at radius 3 is 2.54 bits per heavy atom. The van der Waals surface area contributed by atoms with Crippen molar-refractivity contribution in [2.24, 2.45) is 5.92 Å². The molecular formula is C8H15N5. The van der Waals surface area contributed by atoms with Gasteiger partial charge in [-0.05, 0) is 42.0 Å². The predicted octanol–water partition coefficient (Wildman–Crippen LogP) is 1.01. The van der Waals surface area contributed by atoms with Crippen molar-refractivity contribution in [2.75, 3.05) is 5.73 Å². The Kier molecular flexibility index (Phi) is 2.16. The molecule has 2 N–H and O–H groups in total. The lowest BCUT2D eigenvalue weighted by atomic mass is 9.87. The first-order chi connectivity index (χ1) is 6.27. The van der Waals surface area contributed by atoms with E-state index in [9.17, 15) is 0 Å². The summed E-state index contributed by atoms with van der Waals surface area (Å²) in [6.45, 7) is 2.29. The molecule has 0 aliphatic heterocycles. The van der Waals surface area contributed by atoms with Gasteiger partial charge in [-0.1, -0.05) is 12.0 Å². The summed E-state index contributed by atoms with van der Waals surface area (Å²) in [5.74, 6) is 1.29. The minimum atomic E-state index is 0.422. The maximum absolute atomic E-state index is 5.63. The van der Waals surface area contributed by atoms with Gasteiger partial charge < -0.3 is 5.73 Å². The summed E-state index contributed by atoms with van der Waals surface area (Å²) in [5, 5.41) is 11.1. The molecule has 13 heavy (non-hydrogen) atoms. The van der Waals surface area contributed by atoms with Gasteiger partial charge >= 0.3 is 0 Å². The molecule has 5 heteroatoms. The largest absolute Gasteiger partial charge is 0.367 e. The lowest BCUT2D eigenvalue weighted by Crippen LogP contribution is -2.19. The molecule has 0 saturated heterocycles. The van der Waals surface area contributed by atoms with Crippen molar-refractivity contribution in [1.82, 2.24) is 20.2 Å². The molecule has 0 aromatic carbocycles. The second-order valence-electron chi connectivity index (χ2n) is 3.90. The van der Waals surface area contributed by atoms with Gasteiger partial charge in [0.25, 0.3) is 0 Å². The van der Waals surface area contributed by atoms with Crippen LogP contribution < -0.4 is 5.73 Å². The number of hydrogen-bond acceptors (Lipinski definition) is 4. The van der Waals surface area contributed by atoms with Gasteiger partial charge in [0, 0.05) is 0 Å². The van der Waals surface area contributed by atoms with E-state index in [-0.39, 0.29) is 0 Å². The van der Waals surface area contributed by atoms with Gasteiger partial charge in [0.2, 0.25) is 5.95 Å². The van der Waals surface area contributed by atoms with Crippen molar-refractivity contribution in [3.05, 3.63) is 0 Å². The Balaban J connectivity index is 2.06. The molecule has 2 rings (SSSR count). The lowest BCUT2D eigenvalue weighted by molar-refractivity contribution is 0.273. The Hall–Kier alpha value is -1.13. The molecule has 1 aliphatic rings. The summed E-state index contributed by atoms with van der Waals surface area (Å²) < 4.78 is 1.76. The van der Waals surface area contributed by atoms with Crippen LogP contribution in [0.15, 0.2) is 0 Å². The normalized spacial score (nSPS) is 29.0. The molecule has 1 aromatic heterocycles. The van der Waals surface area contributed by atoms with Crippen LogP contribution in [0.2, 0.25) is 0 Å². The Morgan fingerprint density at radius 2 is 2.00 bits per heavy atom. The number of aromatic nitrogens is 4. The molecular weight excluding hydrogens is 166 g/mol. The van der Waals surface area contributed by atoms with E-state index in [0.717, 1.165) is 18.8 Å². The molecule has 5 nitrogen and oxygen atoms in total. The van der Waals surface area contributed by atoms with Crippen LogP contribution in [0.25, 0.3) is 0 Å². The smallest absolute Gasteiger partial charge is 0.240 e. The number of rotatable bonds is 1. The van der Waals surface area contributed by atoms with Crippen molar-refractivity contribution >= 4 is 5.95 Å². The molecule has 1 saturated carbocycles. The third-order valence-corrected chi connectivity index (χ3v) is 2.85. The average molecular weight is 181 g/mol. The van der Waals surface area contributed by atoms with Crippen molar-refractivity contribution < 1.29 is 0 Å². The van der Waals surface area contributed by atoms with Gasteiger partial charge in [-0.25, -0.2) is 4.68 Å². The summed E-state index contributed by atoms with van der Waals surface area (Å²) in [6, 6.07) is 0.422. The molecule has 72 valence electrons. The molecule has 0 bridgehead atoms. The molecule has 1 fully saturated rings. The van der Waals surface area contributed by atoms with Crippen LogP contribution in [0.3, 0.4) is 0 Å². The lowest BCUT2D eigenvalue weighted by Gasteiger charge is -2.25. The molecule has 0 spiro atoms. The summed E-state index contributed by atoms with van der Waals surface area (Å²) in [5.41, 5.74) is 5.63. The number of hydrogen-bond donors (Lipinski definition) is 1. The van der Waals surface area contributed by atoms with Gasteiger partial charge in [0.05, 0.1) is 6.04 Å². The van der Waals surface area contributed by atoms with E-state index in [1.54, 1.807) is 4.68 Å². The quantitative estimate of drug-likeness (QED) is 0.701. The van der Waals surface area contributed by atoms with Crippen LogP contribution in [0.1, 0.15) is 38.6 Å². The molecule has 1 heterocycles. The highest BCUT2D eigenvalue weighted by atomic mass is 15.6. The van der Waals surface area contributed by atoms with Crippen LogP contribution in [0, 0.1) is 5.92 Å². The molecule has 0 atom stereocenters. The van der Waals surface area contributed by atoms with Crippen molar-refractivity contribution in [2.45, 2.75) is 38.6 Å². The second-order valence-corrected chi connectivity index (χ2v) is 3.90. The maximum atomic E-state index is 5.63. The van der Waals surface area contributed by atoms with E-state index in [4.69, 9.17) is 5.73 Å². The zero-order chi connectivity index (χ0) is 9.26. The summed E-state index contributed by atoms with van der Waals surface area (Å²) in [7, 11) is 0. The fourth-order valence-corrected chi connectivity index (χ4v) is 1.95. The van der Waals surface area contributed by atoms with E-state index in [1.807, 2.05) is 0 Å². The first-order valence-electron chi connectivity index (χ1n) is 4.80. The summed E-state index contributed by atoms with van der Waals surface area (Å²) >= 11 is 0. The number of nitrogens with two attached hydrogens (primary N) is 1. The fourth-order valence-electron chi connectivity index (χ4n) is 1.95. The minimum absolute atomic E-state index is 0.422. The van der Waals surface area contributed by atoms with Gasteiger partial charge in [0.15, 0.2) is 0 Å². The van der Waals surface area contributed by atoms with Crippen LogP contribution in [-0.4, -0.2) is 20.2 Å². The number of nitrogen functional groups attached to an aromatic ring is 1. The van der Waals surface area contributed by atoms with Gasteiger partial charge in [-0.3, -0.25) is 0 Å². The monoisotopic (exact) mass is 181 g/mol. The minimum Gasteiger partial charge on any atom is -0.367 e. The zero-order valence-electron chi connectivity index (χ0n) is 7.85. The van der Waals surface area contributed by atoms with Crippen LogP contribution in [0.4, 0.5) is 5.95 Å². The third kappa shape index (κ3) is 1.64. The molecule has 1 aromatic rings. The standard InChI is InChI=1S/C8H15N5/c1-6-2-4-7(5-3-6)13-8(9)10-11-12-13/h6-7H,2-5H2,1H3,(H2,9,10,12). The van der Waals surface area contributed by atoms with Crippen molar-refractivity contribution in [3.8, 4) is 0 Å². The van der Waals surface area contributed by atoms with E-state index in [1.165, 1.54) is 12.8 Å². The van der Waals surface area contributed by atoms with Crippen LogP contribution in [-0.2, 0) is 0 Å². The van der Waals surface area contributed by atoms with E-state index in [0.29, 0.717) is 12.0 Å². The van der Waals surface area contributed by atoms with E-state index < -0.39 is 0 Å². The SMILES string of the molecule is CC1CCC(n2nnnc2N)CC1. The first-order valence-corrected chi connectivity index (χ1v) is 4.80. The third-order valence-electron chi connectivity index (χ3n) is 2.85. The van der Waals surface area contributed by atoms with Gasteiger partial charge in [-0.15, -0.1) is 0 Å². The highest BCUT2D eigenvalue weighted by Gasteiger charge is 2.21. The van der Waals surface area contributed by atoms with Gasteiger partial charge in [-0.2, -0.15) is 0 Å². The fraction of sp³-hybridized carbons (Fsp3) is 0.875. The van der Waals surface area contributed by atoms with Crippen LogP contribution in [0.5, 0.6) is 0 Å².